The second kappa shape index (κ2) is 6.85. The summed E-state index contributed by atoms with van der Waals surface area (Å²) in [6, 6.07) is 7.74. The van der Waals surface area contributed by atoms with Gasteiger partial charge in [0.1, 0.15) is 0 Å². The molecule has 126 valence electrons. The fourth-order valence-corrected chi connectivity index (χ4v) is 5.97. The van der Waals surface area contributed by atoms with Crippen LogP contribution < -0.4 is 5.32 Å². The molecular weight excluding hydrogens is 374 g/mol. The first-order valence-corrected chi connectivity index (χ1v) is 9.45. The Morgan fingerprint density at radius 3 is 2.30 bits per heavy atom. The van der Waals surface area contributed by atoms with Crippen molar-refractivity contribution in [3.05, 3.63) is 34.3 Å². The summed E-state index contributed by atoms with van der Waals surface area (Å²) >= 11 is 3.44. The van der Waals surface area contributed by atoms with E-state index in [1.165, 1.54) is 38.5 Å². The molecule has 5 rings (SSSR count). The number of halogens is 2. The summed E-state index contributed by atoms with van der Waals surface area (Å²) in [4.78, 5) is 12.3. The van der Waals surface area contributed by atoms with E-state index >= 15 is 0 Å². The zero-order valence-electron chi connectivity index (χ0n) is 13.4. The van der Waals surface area contributed by atoms with Crippen LogP contribution in [0, 0.1) is 17.8 Å². The predicted molar refractivity (Wildman–Crippen MR) is 99.2 cm³/mol. The molecule has 0 aromatic heterocycles. The van der Waals surface area contributed by atoms with Crippen LogP contribution in [0.2, 0.25) is 0 Å². The summed E-state index contributed by atoms with van der Waals surface area (Å²) < 4.78 is 0.979. The van der Waals surface area contributed by atoms with Gasteiger partial charge < -0.3 is 5.32 Å². The molecule has 0 amide bonds. The van der Waals surface area contributed by atoms with E-state index in [-0.39, 0.29) is 18.2 Å². The van der Waals surface area contributed by atoms with Gasteiger partial charge in [0, 0.05) is 28.5 Å². The summed E-state index contributed by atoms with van der Waals surface area (Å²) in [6.45, 7) is 0.831. The van der Waals surface area contributed by atoms with Crippen LogP contribution in [0.5, 0.6) is 0 Å². The molecule has 0 spiro atoms. The molecule has 1 N–H and O–H groups in total. The summed E-state index contributed by atoms with van der Waals surface area (Å²) in [7, 11) is 0. The van der Waals surface area contributed by atoms with Gasteiger partial charge in [-0.3, -0.25) is 4.79 Å². The largest absolute Gasteiger partial charge is 0.311 e. The molecule has 4 aliphatic rings. The van der Waals surface area contributed by atoms with Crippen LogP contribution in [-0.4, -0.2) is 17.9 Å². The molecule has 0 radical (unpaired) electrons. The van der Waals surface area contributed by atoms with Crippen molar-refractivity contribution in [2.45, 2.75) is 50.5 Å². The van der Waals surface area contributed by atoms with Crippen molar-refractivity contribution in [3.8, 4) is 0 Å². The number of carbonyl (C=O) groups is 1. The third-order valence-electron chi connectivity index (χ3n) is 6.04. The average molecular weight is 399 g/mol. The van der Waals surface area contributed by atoms with Crippen LogP contribution in [-0.2, 0) is 0 Å². The zero-order valence-corrected chi connectivity index (χ0v) is 15.8. The molecule has 0 atom stereocenters. The fraction of sp³-hybridized carbons (Fsp3) is 0.632. The molecule has 4 saturated carbocycles. The van der Waals surface area contributed by atoms with Crippen LogP contribution in [0.3, 0.4) is 0 Å². The van der Waals surface area contributed by atoms with Crippen LogP contribution in [0.25, 0.3) is 0 Å². The number of benzene rings is 1. The van der Waals surface area contributed by atoms with Crippen LogP contribution >= 0.6 is 28.3 Å². The zero-order chi connectivity index (χ0) is 15.2. The molecule has 23 heavy (non-hydrogen) atoms. The Bertz CT molecular complexity index is 553. The third-order valence-corrected chi connectivity index (χ3v) is 6.53. The van der Waals surface area contributed by atoms with Gasteiger partial charge in [-0.2, -0.15) is 0 Å². The molecule has 0 saturated heterocycles. The summed E-state index contributed by atoms with van der Waals surface area (Å²) in [5.41, 5.74) is 1.19. The first kappa shape index (κ1) is 17.4. The highest BCUT2D eigenvalue weighted by Gasteiger charge is 2.50. The van der Waals surface area contributed by atoms with Crippen LogP contribution in [0.4, 0.5) is 0 Å². The van der Waals surface area contributed by atoms with Gasteiger partial charge in [0.2, 0.25) is 0 Å². The Labute approximate surface area is 153 Å². The molecule has 1 aromatic rings. The van der Waals surface area contributed by atoms with Crippen molar-refractivity contribution in [2.75, 3.05) is 6.54 Å². The van der Waals surface area contributed by atoms with E-state index in [0.29, 0.717) is 12.0 Å². The molecule has 4 heteroatoms. The average Bonchev–Trinajstić information content (AvgIpc) is 2.45. The summed E-state index contributed by atoms with van der Waals surface area (Å²) in [5.74, 6) is 3.12. The number of hydrogen-bond donors (Lipinski definition) is 1. The lowest BCUT2D eigenvalue weighted by molar-refractivity contribution is -0.0193. The highest BCUT2D eigenvalue weighted by molar-refractivity contribution is 9.10. The van der Waals surface area contributed by atoms with Crippen molar-refractivity contribution in [3.63, 3.8) is 0 Å². The minimum atomic E-state index is 0. The molecule has 4 aliphatic carbocycles. The third kappa shape index (κ3) is 3.67. The smallest absolute Gasteiger partial charge is 0.164 e. The van der Waals surface area contributed by atoms with Gasteiger partial charge in [0.05, 0.1) is 0 Å². The number of carbonyl (C=O) groups excluding carboxylic acids is 1. The monoisotopic (exact) mass is 397 g/mol. The lowest BCUT2D eigenvalue weighted by Crippen LogP contribution is -2.58. The van der Waals surface area contributed by atoms with Crippen molar-refractivity contribution in [2.24, 2.45) is 17.8 Å². The van der Waals surface area contributed by atoms with Gasteiger partial charge >= 0.3 is 0 Å². The lowest BCUT2D eigenvalue weighted by Gasteiger charge is -2.57. The molecule has 1 aromatic carbocycles. The second-order valence-electron chi connectivity index (χ2n) is 7.81. The predicted octanol–water partition coefficient (Wildman–Crippen LogP) is 5.00. The Morgan fingerprint density at radius 2 is 1.74 bits per heavy atom. The number of nitrogens with one attached hydrogen (secondary N) is 1. The normalized spacial score (nSPS) is 34.2. The van der Waals surface area contributed by atoms with E-state index in [1.54, 1.807) is 0 Å². The Balaban J connectivity index is 0.00000156. The maximum Gasteiger partial charge on any atom is 0.164 e. The molecule has 4 fully saturated rings. The first-order valence-electron chi connectivity index (χ1n) is 8.66. The van der Waals surface area contributed by atoms with Gasteiger partial charge in [-0.15, -0.1) is 12.4 Å². The van der Waals surface area contributed by atoms with E-state index in [1.807, 2.05) is 24.3 Å². The SMILES string of the molecule is Cl.O=C(CCNC12CC3CC(CC(C3)C1)C2)c1cccc(Br)c1. The minimum absolute atomic E-state index is 0. The quantitative estimate of drug-likeness (QED) is 0.707. The molecule has 0 unspecified atom stereocenters. The van der Waals surface area contributed by atoms with Crippen molar-refractivity contribution in [1.29, 1.82) is 0 Å². The number of hydrogen-bond acceptors (Lipinski definition) is 2. The van der Waals surface area contributed by atoms with Crippen molar-refractivity contribution >= 4 is 34.1 Å². The fourth-order valence-electron chi connectivity index (χ4n) is 5.57. The Morgan fingerprint density at radius 1 is 1.13 bits per heavy atom. The lowest BCUT2D eigenvalue weighted by atomic mass is 9.53. The van der Waals surface area contributed by atoms with Gasteiger partial charge in [-0.1, -0.05) is 28.1 Å². The van der Waals surface area contributed by atoms with Crippen LogP contribution in [0.15, 0.2) is 28.7 Å². The van der Waals surface area contributed by atoms with E-state index in [0.717, 1.165) is 34.3 Å². The highest BCUT2D eigenvalue weighted by Crippen LogP contribution is 2.55. The topological polar surface area (TPSA) is 29.1 Å². The minimum Gasteiger partial charge on any atom is -0.311 e. The van der Waals surface area contributed by atoms with E-state index < -0.39 is 0 Å². The molecule has 4 bridgehead atoms. The Hall–Kier alpha value is -0.380. The first-order chi connectivity index (χ1) is 10.6. The highest BCUT2D eigenvalue weighted by atomic mass is 79.9. The van der Waals surface area contributed by atoms with Gasteiger partial charge in [-0.25, -0.2) is 0 Å². The molecular formula is C19H25BrClNO. The molecule has 2 nitrogen and oxygen atoms in total. The second-order valence-corrected chi connectivity index (χ2v) is 8.72. The summed E-state index contributed by atoms with van der Waals surface area (Å²) in [6.07, 6.45) is 9.07. The summed E-state index contributed by atoms with van der Waals surface area (Å²) in [5, 5.41) is 3.81. The molecule has 0 heterocycles. The van der Waals surface area contributed by atoms with E-state index in [2.05, 4.69) is 21.2 Å². The maximum absolute atomic E-state index is 12.3. The standard InChI is InChI=1S/C19H24BrNO.ClH/c20-17-3-1-2-16(9-17)18(22)4-5-21-19-10-13-6-14(11-19)8-15(7-13)12-19;/h1-3,9,13-15,21H,4-8,10-12H2;1H. The van der Waals surface area contributed by atoms with E-state index in [4.69, 9.17) is 0 Å². The number of Topliss-reactive ketones (excluding diaryl/α,β-unsaturated/α-hetero) is 1. The Kier molecular flexibility index (Phi) is 5.20. The van der Waals surface area contributed by atoms with Gasteiger partial charge in [0.25, 0.3) is 0 Å². The van der Waals surface area contributed by atoms with Crippen LogP contribution in [0.1, 0.15) is 55.3 Å². The van der Waals surface area contributed by atoms with Gasteiger partial charge in [0.15, 0.2) is 5.78 Å². The number of rotatable bonds is 5. The van der Waals surface area contributed by atoms with Crippen molar-refractivity contribution in [1.82, 2.24) is 5.32 Å². The van der Waals surface area contributed by atoms with Crippen molar-refractivity contribution < 1.29 is 4.79 Å². The number of ketones is 1. The molecule has 0 aliphatic heterocycles. The maximum atomic E-state index is 12.3. The van der Waals surface area contributed by atoms with E-state index in [9.17, 15) is 4.79 Å². The van der Waals surface area contributed by atoms with Gasteiger partial charge in [-0.05, 0) is 68.4 Å².